The molecule has 3 unspecified atom stereocenters. The summed E-state index contributed by atoms with van der Waals surface area (Å²) < 4.78 is 0. The quantitative estimate of drug-likeness (QED) is 0.415. The molecule has 1 rings (SSSR count). The topological polar surface area (TPSA) is 61.6 Å². The molecule has 0 aromatic rings. The highest BCUT2D eigenvalue weighted by Crippen LogP contribution is 2.16. The minimum Gasteiger partial charge on any atom is -0.298 e. The van der Waals surface area contributed by atoms with Crippen LogP contribution in [0, 0.1) is 5.92 Å². The standard InChI is InChI=1S/C12H26N4O/c1-5-15-6-7-16(8-9(15)2)11(4)10(3)12(17)14-13/h9-11H,5-8,13H2,1-4H3,(H,14,17). The SMILES string of the molecule is CCN1CCN(C(C)C(C)C(=O)NN)CC1C. The summed E-state index contributed by atoms with van der Waals surface area (Å²) in [7, 11) is 0. The normalized spacial score (nSPS) is 26.5. The third-order valence-corrected chi connectivity index (χ3v) is 4.06. The van der Waals surface area contributed by atoms with Crippen LogP contribution >= 0.6 is 0 Å². The number of hydrogen-bond acceptors (Lipinski definition) is 4. The number of rotatable bonds is 4. The van der Waals surface area contributed by atoms with Gasteiger partial charge in [-0.05, 0) is 20.4 Å². The molecule has 0 aromatic carbocycles. The number of amides is 1. The van der Waals surface area contributed by atoms with Gasteiger partial charge in [-0.2, -0.15) is 0 Å². The zero-order valence-corrected chi connectivity index (χ0v) is 11.4. The summed E-state index contributed by atoms with van der Waals surface area (Å²) in [4.78, 5) is 16.4. The van der Waals surface area contributed by atoms with Crippen LogP contribution in [0.2, 0.25) is 0 Å². The molecule has 1 saturated heterocycles. The first-order valence-electron chi connectivity index (χ1n) is 6.49. The summed E-state index contributed by atoms with van der Waals surface area (Å²) in [6.07, 6.45) is 0. The van der Waals surface area contributed by atoms with Gasteiger partial charge in [-0.3, -0.25) is 20.0 Å². The van der Waals surface area contributed by atoms with E-state index in [1.165, 1.54) is 0 Å². The number of likely N-dealkylation sites (N-methyl/N-ethyl adjacent to an activating group) is 1. The molecule has 0 spiro atoms. The lowest BCUT2D eigenvalue weighted by Gasteiger charge is -2.43. The van der Waals surface area contributed by atoms with Gasteiger partial charge in [-0.25, -0.2) is 5.84 Å². The maximum Gasteiger partial charge on any atom is 0.238 e. The van der Waals surface area contributed by atoms with Crippen molar-refractivity contribution < 1.29 is 4.79 Å². The molecule has 1 aliphatic heterocycles. The Morgan fingerprint density at radius 3 is 2.59 bits per heavy atom. The second kappa shape index (κ2) is 6.33. The molecule has 0 radical (unpaired) electrons. The highest BCUT2D eigenvalue weighted by atomic mass is 16.2. The van der Waals surface area contributed by atoms with Crippen LogP contribution in [0.15, 0.2) is 0 Å². The van der Waals surface area contributed by atoms with Crippen molar-refractivity contribution in [1.29, 1.82) is 0 Å². The van der Waals surface area contributed by atoms with E-state index in [0.717, 1.165) is 26.2 Å². The Labute approximate surface area is 104 Å². The summed E-state index contributed by atoms with van der Waals surface area (Å²) in [6.45, 7) is 12.7. The maximum atomic E-state index is 11.5. The molecule has 1 aliphatic rings. The largest absolute Gasteiger partial charge is 0.298 e. The summed E-state index contributed by atoms with van der Waals surface area (Å²) in [5.41, 5.74) is 2.24. The van der Waals surface area contributed by atoms with E-state index in [0.29, 0.717) is 6.04 Å². The van der Waals surface area contributed by atoms with Crippen molar-refractivity contribution in [3.8, 4) is 0 Å². The highest BCUT2D eigenvalue weighted by molar-refractivity contribution is 5.78. The second-order valence-electron chi connectivity index (χ2n) is 5.01. The van der Waals surface area contributed by atoms with Gasteiger partial charge in [0.2, 0.25) is 5.91 Å². The van der Waals surface area contributed by atoms with Gasteiger partial charge in [0.05, 0.1) is 5.92 Å². The number of carbonyl (C=O) groups is 1. The zero-order chi connectivity index (χ0) is 13.0. The van der Waals surface area contributed by atoms with Gasteiger partial charge in [0.25, 0.3) is 0 Å². The van der Waals surface area contributed by atoms with Gasteiger partial charge in [-0.15, -0.1) is 0 Å². The summed E-state index contributed by atoms with van der Waals surface area (Å²) in [5.74, 6) is 5.04. The zero-order valence-electron chi connectivity index (χ0n) is 11.4. The molecule has 1 heterocycles. The monoisotopic (exact) mass is 242 g/mol. The minimum atomic E-state index is -0.0805. The molecular formula is C12H26N4O. The van der Waals surface area contributed by atoms with Gasteiger partial charge in [0.15, 0.2) is 0 Å². The molecule has 5 nitrogen and oxygen atoms in total. The van der Waals surface area contributed by atoms with E-state index in [2.05, 4.69) is 36.0 Å². The smallest absolute Gasteiger partial charge is 0.238 e. The number of piperazine rings is 1. The molecule has 3 N–H and O–H groups in total. The summed E-state index contributed by atoms with van der Waals surface area (Å²) in [6, 6.07) is 0.796. The maximum absolute atomic E-state index is 11.5. The first kappa shape index (κ1) is 14.4. The fraction of sp³-hybridized carbons (Fsp3) is 0.917. The Hall–Kier alpha value is -0.650. The van der Waals surface area contributed by atoms with Crippen LogP contribution < -0.4 is 11.3 Å². The van der Waals surface area contributed by atoms with Crippen molar-refractivity contribution >= 4 is 5.91 Å². The average molecular weight is 242 g/mol. The van der Waals surface area contributed by atoms with E-state index < -0.39 is 0 Å². The summed E-state index contributed by atoms with van der Waals surface area (Å²) >= 11 is 0. The molecule has 0 aliphatic carbocycles. The third-order valence-electron chi connectivity index (χ3n) is 4.06. The van der Waals surface area contributed by atoms with Crippen LogP contribution in [0.1, 0.15) is 27.7 Å². The van der Waals surface area contributed by atoms with E-state index in [1.807, 2.05) is 6.92 Å². The van der Waals surface area contributed by atoms with E-state index >= 15 is 0 Å². The molecular weight excluding hydrogens is 216 g/mol. The van der Waals surface area contributed by atoms with Gasteiger partial charge in [0, 0.05) is 31.7 Å². The number of nitrogens with two attached hydrogens (primary N) is 1. The highest BCUT2D eigenvalue weighted by Gasteiger charge is 2.30. The molecule has 1 fully saturated rings. The van der Waals surface area contributed by atoms with Gasteiger partial charge in [0.1, 0.15) is 0 Å². The van der Waals surface area contributed by atoms with Gasteiger partial charge >= 0.3 is 0 Å². The van der Waals surface area contributed by atoms with Crippen LogP contribution in [-0.2, 0) is 4.79 Å². The summed E-state index contributed by atoms with van der Waals surface area (Å²) in [5, 5.41) is 0. The number of nitrogens with zero attached hydrogens (tertiary/aromatic N) is 2. The van der Waals surface area contributed by atoms with Crippen molar-refractivity contribution in [2.45, 2.75) is 39.8 Å². The Balaban J connectivity index is 2.54. The molecule has 0 saturated carbocycles. The van der Waals surface area contributed by atoms with Crippen molar-refractivity contribution in [3.05, 3.63) is 0 Å². The number of hydrogen-bond donors (Lipinski definition) is 2. The predicted molar refractivity (Wildman–Crippen MR) is 69.2 cm³/mol. The van der Waals surface area contributed by atoms with Crippen LogP contribution in [0.3, 0.4) is 0 Å². The third kappa shape index (κ3) is 3.40. The predicted octanol–water partition coefficient (Wildman–Crippen LogP) is 0.0269. The Morgan fingerprint density at radius 2 is 2.12 bits per heavy atom. The lowest BCUT2D eigenvalue weighted by molar-refractivity contribution is -0.127. The molecule has 100 valence electrons. The van der Waals surface area contributed by atoms with Crippen molar-refractivity contribution in [1.82, 2.24) is 15.2 Å². The van der Waals surface area contributed by atoms with Crippen molar-refractivity contribution in [2.75, 3.05) is 26.2 Å². The molecule has 1 amide bonds. The molecule has 3 atom stereocenters. The lowest BCUT2D eigenvalue weighted by atomic mass is 9.99. The first-order chi connectivity index (χ1) is 8.01. The Morgan fingerprint density at radius 1 is 1.47 bits per heavy atom. The van der Waals surface area contributed by atoms with Gasteiger partial charge < -0.3 is 0 Å². The average Bonchev–Trinajstić information content (AvgIpc) is 2.35. The Kier molecular flexibility index (Phi) is 5.36. The number of carbonyl (C=O) groups excluding carboxylic acids is 1. The van der Waals surface area contributed by atoms with E-state index in [-0.39, 0.29) is 17.9 Å². The molecule has 0 aromatic heterocycles. The van der Waals surface area contributed by atoms with E-state index in [1.54, 1.807) is 0 Å². The molecule has 17 heavy (non-hydrogen) atoms. The second-order valence-corrected chi connectivity index (χ2v) is 5.01. The van der Waals surface area contributed by atoms with E-state index in [4.69, 9.17) is 5.84 Å². The fourth-order valence-corrected chi connectivity index (χ4v) is 2.53. The van der Waals surface area contributed by atoms with E-state index in [9.17, 15) is 4.79 Å². The van der Waals surface area contributed by atoms with Crippen molar-refractivity contribution in [2.24, 2.45) is 11.8 Å². The van der Waals surface area contributed by atoms with Crippen molar-refractivity contribution in [3.63, 3.8) is 0 Å². The minimum absolute atomic E-state index is 0.0691. The molecule has 5 heteroatoms. The van der Waals surface area contributed by atoms with Gasteiger partial charge in [-0.1, -0.05) is 13.8 Å². The van der Waals surface area contributed by atoms with Crippen LogP contribution in [0.25, 0.3) is 0 Å². The van der Waals surface area contributed by atoms with Crippen LogP contribution in [0.4, 0.5) is 0 Å². The molecule has 0 bridgehead atoms. The first-order valence-corrected chi connectivity index (χ1v) is 6.49. The van der Waals surface area contributed by atoms with Crippen LogP contribution in [-0.4, -0.2) is 54.0 Å². The Bertz CT molecular complexity index is 259. The fourth-order valence-electron chi connectivity index (χ4n) is 2.53. The number of hydrazine groups is 1. The van der Waals surface area contributed by atoms with Crippen LogP contribution in [0.5, 0.6) is 0 Å². The lowest BCUT2D eigenvalue weighted by Crippen LogP contribution is -2.56. The number of nitrogens with one attached hydrogen (secondary N) is 1.